The Morgan fingerprint density at radius 2 is 2.00 bits per heavy atom. The third-order valence-corrected chi connectivity index (χ3v) is 6.66. The molecular weight excluding hydrogens is 434 g/mol. The van der Waals surface area contributed by atoms with Crippen LogP contribution in [0.5, 0.6) is 6.01 Å². The summed E-state index contributed by atoms with van der Waals surface area (Å²) in [5.41, 5.74) is 1.84. The van der Waals surface area contributed by atoms with Gasteiger partial charge in [-0.3, -0.25) is 9.89 Å². The van der Waals surface area contributed by atoms with Gasteiger partial charge < -0.3 is 19.3 Å². The first-order chi connectivity index (χ1) is 16.5. The van der Waals surface area contributed by atoms with E-state index in [1.54, 1.807) is 11.1 Å². The number of H-pyrrole nitrogens is 1. The molecular formula is C24H31N7O3. The van der Waals surface area contributed by atoms with Crippen molar-refractivity contribution in [2.24, 2.45) is 5.92 Å². The molecule has 1 aliphatic heterocycles. The second-order valence-corrected chi connectivity index (χ2v) is 9.36. The van der Waals surface area contributed by atoms with Gasteiger partial charge in [-0.1, -0.05) is 0 Å². The van der Waals surface area contributed by atoms with Crippen molar-refractivity contribution in [3.8, 4) is 17.4 Å². The number of nitrogens with one attached hydrogen (secondary N) is 1. The van der Waals surface area contributed by atoms with Crippen molar-refractivity contribution < 1.29 is 14.3 Å². The van der Waals surface area contributed by atoms with E-state index in [-0.39, 0.29) is 24.0 Å². The van der Waals surface area contributed by atoms with Crippen molar-refractivity contribution in [3.63, 3.8) is 0 Å². The summed E-state index contributed by atoms with van der Waals surface area (Å²) in [4.78, 5) is 30.3. The van der Waals surface area contributed by atoms with Crippen LogP contribution < -0.4 is 9.64 Å². The predicted molar refractivity (Wildman–Crippen MR) is 128 cm³/mol. The van der Waals surface area contributed by atoms with Gasteiger partial charge in [-0.05, 0) is 50.8 Å². The fraction of sp³-hybridized carbons (Fsp3) is 0.542. The normalized spacial score (nSPS) is 23.1. The molecule has 0 spiro atoms. The number of carbonyl (C=O) groups is 1. The molecule has 1 amide bonds. The molecule has 1 aromatic carbocycles. The molecule has 1 atom stereocenters. The number of hydrogen-bond acceptors (Lipinski definition) is 8. The van der Waals surface area contributed by atoms with Crippen molar-refractivity contribution in [1.82, 2.24) is 30.0 Å². The number of aromatic amines is 1. The molecule has 0 unspecified atom stereocenters. The Morgan fingerprint density at radius 3 is 2.76 bits per heavy atom. The van der Waals surface area contributed by atoms with Gasteiger partial charge in [0.25, 0.3) is 0 Å². The van der Waals surface area contributed by atoms with Gasteiger partial charge in [0.1, 0.15) is 6.10 Å². The summed E-state index contributed by atoms with van der Waals surface area (Å²) < 4.78 is 11.9. The predicted octanol–water partition coefficient (Wildman–Crippen LogP) is 2.67. The quantitative estimate of drug-likeness (QED) is 0.613. The zero-order valence-corrected chi connectivity index (χ0v) is 19.9. The maximum atomic E-state index is 12.3. The molecule has 1 aliphatic carbocycles. The van der Waals surface area contributed by atoms with Crippen molar-refractivity contribution >= 4 is 22.8 Å². The summed E-state index contributed by atoms with van der Waals surface area (Å²) in [5.74, 6) is 1.42. The Bertz CT molecular complexity index is 1160. The first kappa shape index (κ1) is 22.5. The molecule has 3 aromatic rings. The molecule has 34 heavy (non-hydrogen) atoms. The molecule has 1 N–H and O–H groups in total. The third-order valence-electron chi connectivity index (χ3n) is 6.66. The highest BCUT2D eigenvalue weighted by Crippen LogP contribution is 2.30. The number of nitrogens with zero attached hydrogens (tertiary/aromatic N) is 6. The lowest BCUT2D eigenvalue weighted by Gasteiger charge is -2.33. The number of aromatic nitrogens is 5. The van der Waals surface area contributed by atoms with Gasteiger partial charge in [-0.2, -0.15) is 20.1 Å². The van der Waals surface area contributed by atoms with Crippen LogP contribution in [0.25, 0.3) is 22.3 Å². The van der Waals surface area contributed by atoms with Crippen molar-refractivity contribution in [1.29, 1.82) is 0 Å². The largest absolute Gasteiger partial charge is 0.460 e. The smallest absolute Gasteiger partial charge is 0.322 e. The summed E-state index contributed by atoms with van der Waals surface area (Å²) in [7, 11) is 3.62. The Morgan fingerprint density at radius 1 is 1.18 bits per heavy atom. The van der Waals surface area contributed by atoms with Crippen LogP contribution >= 0.6 is 0 Å². The summed E-state index contributed by atoms with van der Waals surface area (Å²) >= 11 is 0. The molecule has 0 bridgehead atoms. The summed E-state index contributed by atoms with van der Waals surface area (Å²) in [6, 6.07) is 6.45. The van der Waals surface area contributed by atoms with E-state index in [2.05, 4.69) is 27.0 Å². The fourth-order valence-electron chi connectivity index (χ4n) is 4.70. The minimum absolute atomic E-state index is 0.0206. The highest BCUT2D eigenvalue weighted by molar-refractivity contribution is 5.82. The Hall–Kier alpha value is -3.27. The number of anilines is 1. The number of hydrogen-bond donors (Lipinski definition) is 1. The third kappa shape index (κ3) is 4.68. The van der Waals surface area contributed by atoms with Gasteiger partial charge in [-0.15, -0.1) is 0 Å². The van der Waals surface area contributed by atoms with Crippen molar-refractivity contribution in [2.75, 3.05) is 38.8 Å². The lowest BCUT2D eigenvalue weighted by Crippen LogP contribution is -2.44. The van der Waals surface area contributed by atoms with E-state index < -0.39 is 0 Å². The first-order valence-electron chi connectivity index (χ1n) is 11.9. The van der Waals surface area contributed by atoms with E-state index in [1.165, 1.54) is 0 Å². The standard InChI is InChI=1S/C24H31N7O3/c1-15-14-33-11-10-31(15)23-26-21(17-6-9-20-18(12-17)13-25-29-20)27-24(28-23)34-19-7-4-16(5-8-19)22(32)30(2)3/h6,9,12-13,15-16,19H,4-5,7-8,10-11,14H2,1-3H3,(H,25,29)/t15-,16?,19?/m0/s1. The van der Waals surface area contributed by atoms with Gasteiger partial charge >= 0.3 is 6.01 Å². The monoisotopic (exact) mass is 465 g/mol. The first-order valence-corrected chi connectivity index (χ1v) is 11.9. The molecule has 3 heterocycles. The lowest BCUT2D eigenvalue weighted by atomic mass is 9.86. The van der Waals surface area contributed by atoms with Gasteiger partial charge in [0.2, 0.25) is 11.9 Å². The minimum atomic E-state index is -0.0206. The summed E-state index contributed by atoms with van der Waals surface area (Å²) in [6.45, 7) is 4.07. The van der Waals surface area contributed by atoms with E-state index in [9.17, 15) is 4.79 Å². The van der Waals surface area contributed by atoms with Gasteiger partial charge in [0.05, 0.1) is 31.0 Å². The second kappa shape index (κ2) is 9.54. The Labute approximate surface area is 198 Å². The molecule has 2 aromatic heterocycles. The number of ether oxygens (including phenoxy) is 2. The zero-order chi connectivity index (χ0) is 23.7. The Balaban J connectivity index is 1.41. The highest BCUT2D eigenvalue weighted by atomic mass is 16.5. The maximum absolute atomic E-state index is 12.3. The Kier molecular flexibility index (Phi) is 6.32. The molecule has 1 saturated carbocycles. The highest BCUT2D eigenvalue weighted by Gasteiger charge is 2.29. The number of rotatable bonds is 5. The van der Waals surface area contributed by atoms with E-state index in [0.29, 0.717) is 37.5 Å². The van der Waals surface area contributed by atoms with Crippen LogP contribution in [-0.2, 0) is 9.53 Å². The average Bonchev–Trinajstić information content (AvgIpc) is 3.32. The topological polar surface area (TPSA) is 109 Å². The van der Waals surface area contributed by atoms with E-state index in [4.69, 9.17) is 19.4 Å². The van der Waals surface area contributed by atoms with Crippen molar-refractivity contribution in [2.45, 2.75) is 44.8 Å². The van der Waals surface area contributed by atoms with Gasteiger partial charge in [0.15, 0.2) is 5.82 Å². The number of morpholine rings is 1. The summed E-state index contributed by atoms with van der Waals surface area (Å²) in [6.07, 6.45) is 4.99. The van der Waals surface area contributed by atoms with Gasteiger partial charge in [0, 0.05) is 37.5 Å². The molecule has 2 fully saturated rings. The molecule has 5 rings (SSSR count). The van der Waals surface area contributed by atoms with Crippen LogP contribution in [0, 0.1) is 5.92 Å². The van der Waals surface area contributed by atoms with E-state index >= 15 is 0 Å². The molecule has 2 aliphatic rings. The SMILES string of the molecule is C[C@H]1COCCN1c1nc(OC2CCC(C(=O)N(C)C)CC2)nc(-c2ccc3[nH]ncc3c2)n1. The average molecular weight is 466 g/mol. The second-order valence-electron chi connectivity index (χ2n) is 9.36. The number of amides is 1. The van der Waals surface area contributed by atoms with Crippen LogP contribution in [-0.4, -0.2) is 82.0 Å². The number of carbonyl (C=O) groups excluding carboxylic acids is 1. The molecule has 0 radical (unpaired) electrons. The van der Waals surface area contributed by atoms with E-state index in [0.717, 1.165) is 42.1 Å². The lowest BCUT2D eigenvalue weighted by molar-refractivity contribution is -0.134. The van der Waals surface area contributed by atoms with Crippen molar-refractivity contribution in [3.05, 3.63) is 24.4 Å². The van der Waals surface area contributed by atoms with Gasteiger partial charge in [-0.25, -0.2) is 0 Å². The van der Waals surface area contributed by atoms with Crippen LogP contribution in [0.4, 0.5) is 5.95 Å². The molecule has 10 heteroatoms. The van der Waals surface area contributed by atoms with Crippen LogP contribution in [0.15, 0.2) is 24.4 Å². The van der Waals surface area contributed by atoms with Crippen LogP contribution in [0.1, 0.15) is 32.6 Å². The number of benzene rings is 1. The summed E-state index contributed by atoms with van der Waals surface area (Å²) in [5, 5.41) is 8.07. The molecule has 10 nitrogen and oxygen atoms in total. The zero-order valence-electron chi connectivity index (χ0n) is 19.9. The fourth-order valence-corrected chi connectivity index (χ4v) is 4.70. The van der Waals surface area contributed by atoms with Crippen LogP contribution in [0.3, 0.4) is 0 Å². The minimum Gasteiger partial charge on any atom is -0.460 e. The number of fused-ring (bicyclic) bond motifs is 1. The molecule has 1 saturated heterocycles. The van der Waals surface area contributed by atoms with Crippen LogP contribution in [0.2, 0.25) is 0 Å². The molecule has 180 valence electrons. The maximum Gasteiger partial charge on any atom is 0.322 e. The van der Waals surface area contributed by atoms with E-state index in [1.807, 2.05) is 32.3 Å².